The second-order valence-corrected chi connectivity index (χ2v) is 4.05. The summed E-state index contributed by atoms with van der Waals surface area (Å²) in [7, 11) is 0. The minimum Gasteiger partial charge on any atom is -0.237 e. The number of hydrogen-bond acceptors (Lipinski definition) is 2. The maximum atomic E-state index is 4.61. The average Bonchev–Trinajstić information content (AvgIpc) is 2.27. The number of benzene rings is 1. The zero-order valence-corrected chi connectivity index (χ0v) is 9.49. The highest BCUT2D eigenvalue weighted by molar-refractivity contribution is 5.80. The minimum atomic E-state index is 0.389. The fraction of sp³-hybridized carbons (Fsp3) is 0.385. The monoisotopic (exact) mass is 200 g/mol. The van der Waals surface area contributed by atoms with E-state index in [2.05, 4.69) is 42.9 Å². The van der Waals surface area contributed by atoms with Gasteiger partial charge in [0.25, 0.3) is 0 Å². The fourth-order valence-corrected chi connectivity index (χ4v) is 1.69. The number of hydrogen-bond donors (Lipinski definition) is 0. The highest BCUT2D eigenvalue weighted by Crippen LogP contribution is 2.19. The van der Waals surface area contributed by atoms with Gasteiger partial charge in [0, 0.05) is 11.3 Å². The van der Waals surface area contributed by atoms with Crippen molar-refractivity contribution in [1.29, 1.82) is 0 Å². The van der Waals surface area contributed by atoms with E-state index in [1.54, 1.807) is 0 Å². The Bertz CT molecular complexity index is 475. The van der Waals surface area contributed by atoms with Gasteiger partial charge in [-0.1, -0.05) is 39.0 Å². The van der Waals surface area contributed by atoms with Crippen LogP contribution in [0.4, 0.5) is 0 Å². The molecule has 0 spiro atoms. The Hall–Kier alpha value is -1.44. The number of rotatable bonds is 2. The molecule has 0 aliphatic carbocycles. The van der Waals surface area contributed by atoms with Crippen molar-refractivity contribution >= 4 is 10.9 Å². The SMILES string of the molecule is CCc1nc(C(C)C)nc2ccccc12. The Kier molecular flexibility index (Phi) is 2.67. The number of para-hydroxylation sites is 1. The standard InChI is InChI=1S/C13H16N2/c1-4-11-10-7-5-6-8-12(10)15-13(14-11)9(2)3/h5-9H,4H2,1-3H3. The Morgan fingerprint density at radius 3 is 2.53 bits per heavy atom. The summed E-state index contributed by atoms with van der Waals surface area (Å²) in [6.45, 7) is 6.39. The van der Waals surface area contributed by atoms with Crippen LogP contribution >= 0.6 is 0 Å². The molecule has 0 radical (unpaired) electrons. The first kappa shape index (κ1) is 10.1. The topological polar surface area (TPSA) is 25.8 Å². The van der Waals surface area contributed by atoms with Gasteiger partial charge in [-0.05, 0) is 12.5 Å². The van der Waals surface area contributed by atoms with Crippen LogP contribution in [0.5, 0.6) is 0 Å². The van der Waals surface area contributed by atoms with E-state index in [0.29, 0.717) is 5.92 Å². The predicted molar refractivity (Wildman–Crippen MR) is 63.0 cm³/mol. The average molecular weight is 200 g/mol. The molecule has 0 aliphatic rings. The molecular weight excluding hydrogens is 184 g/mol. The Morgan fingerprint density at radius 2 is 1.87 bits per heavy atom. The molecule has 0 saturated carbocycles. The molecule has 2 heteroatoms. The fourth-order valence-electron chi connectivity index (χ4n) is 1.69. The summed E-state index contributed by atoms with van der Waals surface area (Å²) in [5.41, 5.74) is 2.22. The smallest absolute Gasteiger partial charge is 0.131 e. The first-order valence-electron chi connectivity index (χ1n) is 5.48. The van der Waals surface area contributed by atoms with E-state index in [4.69, 9.17) is 0 Å². The van der Waals surface area contributed by atoms with E-state index in [-0.39, 0.29) is 0 Å². The summed E-state index contributed by atoms with van der Waals surface area (Å²) >= 11 is 0. The van der Waals surface area contributed by atoms with Gasteiger partial charge < -0.3 is 0 Å². The van der Waals surface area contributed by atoms with E-state index < -0.39 is 0 Å². The molecule has 1 aromatic heterocycles. The van der Waals surface area contributed by atoms with Crippen molar-refractivity contribution in [3.05, 3.63) is 35.8 Å². The van der Waals surface area contributed by atoms with Crippen LogP contribution in [-0.4, -0.2) is 9.97 Å². The number of aryl methyl sites for hydroxylation is 1. The molecule has 15 heavy (non-hydrogen) atoms. The summed E-state index contributed by atoms with van der Waals surface area (Å²) in [4.78, 5) is 9.18. The molecule has 2 aromatic rings. The van der Waals surface area contributed by atoms with Crippen LogP contribution in [0.3, 0.4) is 0 Å². The summed E-state index contributed by atoms with van der Waals surface area (Å²) in [6.07, 6.45) is 0.961. The first-order chi connectivity index (χ1) is 7.22. The highest BCUT2D eigenvalue weighted by Gasteiger charge is 2.08. The van der Waals surface area contributed by atoms with Gasteiger partial charge in [0.15, 0.2) is 0 Å². The summed E-state index contributed by atoms with van der Waals surface area (Å²) in [5, 5.41) is 1.18. The van der Waals surface area contributed by atoms with Crippen LogP contribution < -0.4 is 0 Å². The lowest BCUT2D eigenvalue weighted by atomic mass is 10.1. The first-order valence-corrected chi connectivity index (χ1v) is 5.48. The van der Waals surface area contributed by atoms with Crippen LogP contribution in [0.25, 0.3) is 10.9 Å². The van der Waals surface area contributed by atoms with E-state index in [1.807, 2.05) is 12.1 Å². The number of aromatic nitrogens is 2. The summed E-state index contributed by atoms with van der Waals surface area (Å²) in [6, 6.07) is 8.22. The number of nitrogens with zero attached hydrogens (tertiary/aromatic N) is 2. The van der Waals surface area contributed by atoms with Crippen LogP contribution in [0.2, 0.25) is 0 Å². The minimum absolute atomic E-state index is 0.389. The molecule has 1 heterocycles. The predicted octanol–water partition coefficient (Wildman–Crippen LogP) is 3.32. The molecule has 0 unspecified atom stereocenters. The molecule has 0 N–H and O–H groups in total. The van der Waals surface area contributed by atoms with Gasteiger partial charge in [-0.25, -0.2) is 9.97 Å². The number of fused-ring (bicyclic) bond motifs is 1. The molecular formula is C13H16N2. The molecule has 0 amide bonds. The largest absolute Gasteiger partial charge is 0.237 e. The van der Waals surface area contributed by atoms with Crippen LogP contribution in [-0.2, 0) is 6.42 Å². The lowest BCUT2D eigenvalue weighted by Gasteiger charge is -2.08. The van der Waals surface area contributed by atoms with Crippen molar-refractivity contribution in [2.45, 2.75) is 33.1 Å². The third-order valence-electron chi connectivity index (χ3n) is 2.55. The molecule has 2 nitrogen and oxygen atoms in total. The highest BCUT2D eigenvalue weighted by atomic mass is 14.9. The van der Waals surface area contributed by atoms with Gasteiger partial charge in [0.2, 0.25) is 0 Å². The zero-order valence-electron chi connectivity index (χ0n) is 9.49. The third kappa shape index (κ3) is 1.84. The second-order valence-electron chi connectivity index (χ2n) is 4.05. The van der Waals surface area contributed by atoms with Crippen molar-refractivity contribution in [3.63, 3.8) is 0 Å². The van der Waals surface area contributed by atoms with Gasteiger partial charge >= 0.3 is 0 Å². The van der Waals surface area contributed by atoms with E-state index in [0.717, 1.165) is 23.5 Å². The summed E-state index contributed by atoms with van der Waals surface area (Å²) in [5.74, 6) is 1.34. The van der Waals surface area contributed by atoms with Crippen molar-refractivity contribution < 1.29 is 0 Å². The molecule has 2 rings (SSSR count). The van der Waals surface area contributed by atoms with Gasteiger partial charge in [0.05, 0.1) is 11.2 Å². The quantitative estimate of drug-likeness (QED) is 0.743. The molecule has 0 aliphatic heterocycles. The van der Waals surface area contributed by atoms with Gasteiger partial charge in [-0.2, -0.15) is 0 Å². The van der Waals surface area contributed by atoms with Gasteiger partial charge in [0.1, 0.15) is 5.82 Å². The van der Waals surface area contributed by atoms with Gasteiger partial charge in [-0.15, -0.1) is 0 Å². The van der Waals surface area contributed by atoms with E-state index >= 15 is 0 Å². The lowest BCUT2D eigenvalue weighted by molar-refractivity contribution is 0.770. The Labute approximate surface area is 90.4 Å². The maximum absolute atomic E-state index is 4.61. The van der Waals surface area contributed by atoms with Crippen molar-refractivity contribution in [2.75, 3.05) is 0 Å². The summed E-state index contributed by atoms with van der Waals surface area (Å²) < 4.78 is 0. The second kappa shape index (κ2) is 3.97. The molecule has 0 atom stereocenters. The molecule has 0 saturated heterocycles. The van der Waals surface area contributed by atoms with Crippen molar-refractivity contribution in [3.8, 4) is 0 Å². The molecule has 0 bridgehead atoms. The molecule has 0 fully saturated rings. The van der Waals surface area contributed by atoms with Crippen LogP contribution in [0.1, 0.15) is 38.2 Å². The van der Waals surface area contributed by atoms with E-state index in [9.17, 15) is 0 Å². The zero-order chi connectivity index (χ0) is 10.8. The van der Waals surface area contributed by atoms with E-state index in [1.165, 1.54) is 5.39 Å². The lowest BCUT2D eigenvalue weighted by Crippen LogP contribution is -2.02. The van der Waals surface area contributed by atoms with Crippen molar-refractivity contribution in [1.82, 2.24) is 9.97 Å². The van der Waals surface area contributed by atoms with Gasteiger partial charge in [-0.3, -0.25) is 0 Å². The van der Waals surface area contributed by atoms with Crippen LogP contribution in [0, 0.1) is 0 Å². The Morgan fingerprint density at radius 1 is 1.13 bits per heavy atom. The molecule has 1 aromatic carbocycles. The normalized spacial score (nSPS) is 11.2. The maximum Gasteiger partial charge on any atom is 0.131 e. The Balaban J connectivity index is 2.71. The van der Waals surface area contributed by atoms with Crippen LogP contribution in [0.15, 0.2) is 24.3 Å². The van der Waals surface area contributed by atoms with Crippen molar-refractivity contribution in [2.24, 2.45) is 0 Å². The third-order valence-corrected chi connectivity index (χ3v) is 2.55. The molecule has 78 valence electrons.